The zero-order chi connectivity index (χ0) is 15.4. The van der Waals surface area contributed by atoms with Crippen LogP contribution in [0, 0.1) is 6.92 Å². The molecule has 1 aliphatic rings. The van der Waals surface area contributed by atoms with Crippen LogP contribution in [0.3, 0.4) is 0 Å². The van der Waals surface area contributed by atoms with Crippen molar-refractivity contribution < 1.29 is 4.79 Å². The monoisotopic (exact) mass is 299 g/mol. The summed E-state index contributed by atoms with van der Waals surface area (Å²) in [4.78, 5) is 16.9. The van der Waals surface area contributed by atoms with Gasteiger partial charge in [0, 0.05) is 18.4 Å². The molecule has 1 saturated carbocycles. The lowest BCUT2D eigenvalue weighted by atomic mass is 9.96. The Morgan fingerprint density at radius 2 is 2.00 bits per heavy atom. The molecule has 0 atom stereocenters. The number of aromatic nitrogens is 2. The highest BCUT2D eigenvalue weighted by Gasteiger charge is 2.15. The maximum absolute atomic E-state index is 12.3. The van der Waals surface area contributed by atoms with Crippen molar-refractivity contribution in [2.24, 2.45) is 0 Å². The molecule has 0 saturated heterocycles. The van der Waals surface area contributed by atoms with E-state index >= 15 is 0 Å². The number of amides is 1. The zero-order valence-corrected chi connectivity index (χ0v) is 13.3. The van der Waals surface area contributed by atoms with Crippen molar-refractivity contribution in [2.45, 2.75) is 64.3 Å². The molecule has 1 N–H and O–H groups in total. The number of nitrogens with one attached hydrogen (secondary N) is 1. The molecular weight excluding hydrogens is 274 g/mol. The van der Waals surface area contributed by atoms with Crippen LogP contribution in [0.5, 0.6) is 0 Å². The molecule has 4 heteroatoms. The van der Waals surface area contributed by atoms with Crippen molar-refractivity contribution in [3.63, 3.8) is 0 Å². The first kappa shape index (κ1) is 15.1. The van der Waals surface area contributed by atoms with E-state index in [4.69, 9.17) is 0 Å². The lowest BCUT2D eigenvalue weighted by Crippen LogP contribution is -2.36. The number of imidazole rings is 1. The fraction of sp³-hybridized carbons (Fsp3) is 0.556. The summed E-state index contributed by atoms with van der Waals surface area (Å²) in [6.45, 7) is 2.04. The van der Waals surface area contributed by atoms with Gasteiger partial charge in [-0.2, -0.15) is 0 Å². The highest BCUT2D eigenvalue weighted by Crippen LogP contribution is 2.17. The summed E-state index contributed by atoms with van der Waals surface area (Å²) in [5.41, 5.74) is 2.92. The van der Waals surface area contributed by atoms with E-state index < -0.39 is 0 Å². The van der Waals surface area contributed by atoms with E-state index in [1.807, 2.05) is 35.9 Å². The maximum Gasteiger partial charge on any atom is 0.226 e. The molecule has 118 valence electrons. The lowest BCUT2D eigenvalue weighted by molar-refractivity contribution is -0.121. The fourth-order valence-corrected chi connectivity index (χ4v) is 3.33. The van der Waals surface area contributed by atoms with Crippen LogP contribution in [0.25, 0.3) is 5.65 Å². The van der Waals surface area contributed by atoms with Gasteiger partial charge in [0.2, 0.25) is 5.91 Å². The van der Waals surface area contributed by atoms with Crippen LogP contribution in [0.2, 0.25) is 0 Å². The van der Waals surface area contributed by atoms with Gasteiger partial charge in [0.15, 0.2) is 0 Å². The molecule has 0 bridgehead atoms. The lowest BCUT2D eigenvalue weighted by Gasteiger charge is -2.20. The summed E-state index contributed by atoms with van der Waals surface area (Å²) >= 11 is 0. The standard InChI is InChI=1S/C18H25N3O/c1-14-8-7-11-21-13-16(20-18(14)21)12-17(22)19-15-9-5-3-2-4-6-10-15/h7-8,11,13,15H,2-6,9-10,12H2,1H3,(H,19,22). The van der Waals surface area contributed by atoms with E-state index in [0.29, 0.717) is 12.5 Å². The average molecular weight is 299 g/mol. The Morgan fingerprint density at radius 1 is 1.27 bits per heavy atom. The number of carbonyl (C=O) groups excluding carboxylic acids is 1. The highest BCUT2D eigenvalue weighted by molar-refractivity contribution is 5.78. The molecule has 0 radical (unpaired) electrons. The molecule has 1 fully saturated rings. The molecule has 1 aliphatic carbocycles. The van der Waals surface area contributed by atoms with Crippen LogP contribution < -0.4 is 5.32 Å². The van der Waals surface area contributed by atoms with Crippen molar-refractivity contribution in [2.75, 3.05) is 0 Å². The smallest absolute Gasteiger partial charge is 0.226 e. The Bertz CT molecular complexity index is 639. The largest absolute Gasteiger partial charge is 0.353 e. The van der Waals surface area contributed by atoms with E-state index in [1.165, 1.54) is 32.1 Å². The molecule has 4 nitrogen and oxygen atoms in total. The van der Waals surface area contributed by atoms with E-state index in [9.17, 15) is 4.79 Å². The molecule has 22 heavy (non-hydrogen) atoms. The van der Waals surface area contributed by atoms with Gasteiger partial charge in [-0.25, -0.2) is 4.98 Å². The summed E-state index contributed by atoms with van der Waals surface area (Å²) in [5, 5.41) is 3.21. The minimum absolute atomic E-state index is 0.103. The minimum Gasteiger partial charge on any atom is -0.353 e. The predicted molar refractivity (Wildman–Crippen MR) is 87.9 cm³/mol. The van der Waals surface area contributed by atoms with Gasteiger partial charge in [-0.3, -0.25) is 4.79 Å². The molecule has 2 aromatic heterocycles. The average Bonchev–Trinajstić information content (AvgIpc) is 2.85. The van der Waals surface area contributed by atoms with Crippen molar-refractivity contribution in [3.8, 4) is 0 Å². The minimum atomic E-state index is 0.103. The topological polar surface area (TPSA) is 46.4 Å². The third-order valence-electron chi connectivity index (χ3n) is 4.54. The first-order chi connectivity index (χ1) is 10.7. The molecular formula is C18H25N3O. The Balaban J connectivity index is 1.61. The highest BCUT2D eigenvalue weighted by atomic mass is 16.1. The zero-order valence-electron chi connectivity index (χ0n) is 13.3. The Labute approximate surface area is 131 Å². The van der Waals surface area contributed by atoms with Crippen LogP contribution >= 0.6 is 0 Å². The first-order valence-corrected chi connectivity index (χ1v) is 8.45. The molecule has 2 aromatic rings. The summed E-state index contributed by atoms with van der Waals surface area (Å²) in [6.07, 6.45) is 13.0. The first-order valence-electron chi connectivity index (χ1n) is 8.45. The Kier molecular flexibility index (Phi) is 4.76. The van der Waals surface area contributed by atoms with E-state index in [2.05, 4.69) is 10.3 Å². The van der Waals surface area contributed by atoms with E-state index in [0.717, 1.165) is 29.7 Å². The predicted octanol–water partition coefficient (Wildman–Crippen LogP) is 3.41. The quantitative estimate of drug-likeness (QED) is 0.944. The van der Waals surface area contributed by atoms with Crippen molar-refractivity contribution >= 4 is 11.6 Å². The number of aryl methyl sites for hydroxylation is 1. The molecule has 0 aliphatic heterocycles. The number of pyridine rings is 1. The summed E-state index contributed by atoms with van der Waals surface area (Å²) < 4.78 is 1.99. The fourth-order valence-electron chi connectivity index (χ4n) is 3.33. The molecule has 2 heterocycles. The van der Waals surface area contributed by atoms with Crippen molar-refractivity contribution in [1.29, 1.82) is 0 Å². The molecule has 0 aromatic carbocycles. The Hall–Kier alpha value is -1.84. The number of fused-ring (bicyclic) bond motifs is 1. The van der Waals surface area contributed by atoms with Crippen LogP contribution in [0.4, 0.5) is 0 Å². The van der Waals surface area contributed by atoms with Crippen molar-refractivity contribution in [1.82, 2.24) is 14.7 Å². The number of rotatable bonds is 3. The van der Waals surface area contributed by atoms with Crippen LogP contribution in [-0.2, 0) is 11.2 Å². The molecule has 3 rings (SSSR count). The molecule has 0 spiro atoms. The number of hydrogen-bond acceptors (Lipinski definition) is 2. The summed E-state index contributed by atoms with van der Waals surface area (Å²) in [7, 11) is 0. The molecule has 0 unspecified atom stereocenters. The van der Waals surface area contributed by atoms with E-state index in [-0.39, 0.29) is 5.91 Å². The van der Waals surface area contributed by atoms with Gasteiger partial charge >= 0.3 is 0 Å². The van der Waals surface area contributed by atoms with Gasteiger partial charge in [0.1, 0.15) is 5.65 Å². The van der Waals surface area contributed by atoms with Gasteiger partial charge in [-0.1, -0.05) is 38.2 Å². The normalized spacial score (nSPS) is 17.1. The van der Waals surface area contributed by atoms with Crippen molar-refractivity contribution in [3.05, 3.63) is 35.8 Å². The van der Waals surface area contributed by atoms with E-state index in [1.54, 1.807) is 0 Å². The second kappa shape index (κ2) is 6.95. The molecule has 1 amide bonds. The number of nitrogens with zero attached hydrogens (tertiary/aromatic N) is 2. The van der Waals surface area contributed by atoms with Crippen LogP contribution in [-0.4, -0.2) is 21.3 Å². The van der Waals surface area contributed by atoms with Gasteiger partial charge in [-0.15, -0.1) is 0 Å². The van der Waals surface area contributed by atoms with Crippen LogP contribution in [0.15, 0.2) is 24.5 Å². The summed E-state index contributed by atoms with van der Waals surface area (Å²) in [6, 6.07) is 4.40. The third-order valence-corrected chi connectivity index (χ3v) is 4.54. The third kappa shape index (κ3) is 3.67. The SMILES string of the molecule is Cc1cccn2cc(CC(=O)NC3CCCCCCC3)nc12. The summed E-state index contributed by atoms with van der Waals surface area (Å²) in [5.74, 6) is 0.103. The van der Waals surface area contributed by atoms with Gasteiger partial charge < -0.3 is 9.72 Å². The van der Waals surface area contributed by atoms with Crippen LogP contribution in [0.1, 0.15) is 56.2 Å². The van der Waals surface area contributed by atoms with Gasteiger partial charge in [-0.05, 0) is 31.4 Å². The Morgan fingerprint density at radius 3 is 2.73 bits per heavy atom. The maximum atomic E-state index is 12.3. The number of carbonyl (C=O) groups is 1. The second-order valence-electron chi connectivity index (χ2n) is 6.44. The second-order valence-corrected chi connectivity index (χ2v) is 6.44. The van der Waals surface area contributed by atoms with Gasteiger partial charge in [0.05, 0.1) is 12.1 Å². The van der Waals surface area contributed by atoms with Gasteiger partial charge in [0.25, 0.3) is 0 Å². The number of hydrogen-bond donors (Lipinski definition) is 1.